The van der Waals surface area contributed by atoms with Crippen molar-refractivity contribution < 1.29 is 21.6 Å². The average Bonchev–Trinajstić information content (AvgIpc) is 2.81. The number of aromatic nitrogens is 3. The van der Waals surface area contributed by atoms with Gasteiger partial charge < -0.3 is 5.32 Å². The highest BCUT2D eigenvalue weighted by molar-refractivity contribution is 8.13. The monoisotopic (exact) mass is 388 g/mol. The van der Waals surface area contributed by atoms with Crippen LogP contribution in [0.15, 0.2) is 17.0 Å². The summed E-state index contributed by atoms with van der Waals surface area (Å²) in [4.78, 5) is 3.02. The van der Waals surface area contributed by atoms with Crippen molar-refractivity contribution in [2.45, 2.75) is 18.0 Å². The van der Waals surface area contributed by atoms with Gasteiger partial charge in [0.25, 0.3) is 14.9 Å². The van der Waals surface area contributed by atoms with E-state index in [0.29, 0.717) is 0 Å². The lowest BCUT2D eigenvalue weighted by molar-refractivity contribution is -0.144. The van der Waals surface area contributed by atoms with Crippen LogP contribution in [0.25, 0.3) is 5.69 Å². The van der Waals surface area contributed by atoms with Gasteiger partial charge in [-0.15, -0.1) is 5.10 Å². The summed E-state index contributed by atoms with van der Waals surface area (Å²) in [7, 11) is 2.54. The van der Waals surface area contributed by atoms with Gasteiger partial charge in [0, 0.05) is 17.7 Å². The molecule has 23 heavy (non-hydrogen) atoms. The Morgan fingerprint density at radius 2 is 1.91 bits per heavy atom. The van der Waals surface area contributed by atoms with E-state index in [9.17, 15) is 21.6 Å². The van der Waals surface area contributed by atoms with Gasteiger partial charge in [-0.3, -0.25) is 0 Å². The third-order valence-electron chi connectivity index (χ3n) is 2.82. The molecule has 0 saturated heterocycles. The maximum absolute atomic E-state index is 12.8. The molecular weight excluding hydrogens is 380 g/mol. The minimum absolute atomic E-state index is 0.0123. The summed E-state index contributed by atoms with van der Waals surface area (Å²) in [5, 5.41) is 5.75. The number of benzene rings is 1. The van der Waals surface area contributed by atoms with E-state index in [-0.39, 0.29) is 27.1 Å². The van der Waals surface area contributed by atoms with Crippen molar-refractivity contribution in [1.29, 1.82) is 0 Å². The third kappa shape index (κ3) is 3.54. The Hall–Kier alpha value is -1.52. The molecule has 0 amide bonds. The molecule has 0 unspecified atom stereocenters. The van der Waals surface area contributed by atoms with Crippen LogP contribution in [0.3, 0.4) is 0 Å². The van der Waals surface area contributed by atoms with Gasteiger partial charge in [0.15, 0.2) is 0 Å². The molecule has 126 valence electrons. The maximum Gasteiger partial charge on any atom is 0.453 e. The zero-order valence-corrected chi connectivity index (χ0v) is 13.9. The van der Waals surface area contributed by atoms with Crippen molar-refractivity contribution in [2.75, 3.05) is 12.4 Å². The Morgan fingerprint density at radius 3 is 2.39 bits per heavy atom. The molecule has 0 aliphatic carbocycles. The van der Waals surface area contributed by atoms with Gasteiger partial charge in [0.1, 0.15) is 0 Å². The number of hydrogen-bond acceptors (Lipinski definition) is 5. The second-order valence-electron chi connectivity index (χ2n) is 4.43. The summed E-state index contributed by atoms with van der Waals surface area (Å²) >= 11 is 6.00. The number of halogens is 5. The second-order valence-corrected chi connectivity index (χ2v) is 7.37. The van der Waals surface area contributed by atoms with Gasteiger partial charge in [-0.1, -0.05) is 11.6 Å². The molecule has 0 fully saturated rings. The van der Waals surface area contributed by atoms with Crippen molar-refractivity contribution in [2.24, 2.45) is 0 Å². The molecule has 1 aromatic heterocycles. The van der Waals surface area contributed by atoms with E-state index in [1.165, 1.54) is 20.0 Å². The van der Waals surface area contributed by atoms with E-state index in [4.69, 9.17) is 22.3 Å². The largest absolute Gasteiger partial charge is 0.453 e. The number of nitrogens with one attached hydrogen (secondary N) is 1. The highest BCUT2D eigenvalue weighted by atomic mass is 35.7. The normalized spacial score (nSPS) is 12.5. The van der Waals surface area contributed by atoms with Gasteiger partial charge in [-0.2, -0.15) is 22.8 Å². The lowest BCUT2D eigenvalue weighted by atomic mass is 10.2. The number of alkyl halides is 3. The average molecular weight is 389 g/mol. The Balaban J connectivity index is 2.74. The van der Waals surface area contributed by atoms with Crippen molar-refractivity contribution in [1.82, 2.24) is 14.8 Å². The van der Waals surface area contributed by atoms with Crippen LogP contribution in [0.5, 0.6) is 0 Å². The van der Waals surface area contributed by atoms with Gasteiger partial charge in [-0.05, 0) is 24.6 Å². The first-order valence-corrected chi connectivity index (χ1v) is 8.61. The predicted octanol–water partition coefficient (Wildman–Crippen LogP) is 3.22. The van der Waals surface area contributed by atoms with Crippen LogP contribution in [0.1, 0.15) is 11.4 Å². The third-order valence-corrected chi connectivity index (χ3v) is 4.59. The maximum atomic E-state index is 12.8. The summed E-state index contributed by atoms with van der Waals surface area (Å²) < 4.78 is 62.1. The minimum Gasteiger partial charge on any atom is -0.357 e. The molecule has 0 aliphatic heterocycles. The van der Waals surface area contributed by atoms with E-state index < -0.39 is 21.1 Å². The molecule has 0 aliphatic rings. The lowest BCUT2D eigenvalue weighted by Crippen LogP contribution is -2.09. The van der Waals surface area contributed by atoms with E-state index >= 15 is 0 Å². The molecule has 6 nitrogen and oxygen atoms in total. The van der Waals surface area contributed by atoms with Crippen molar-refractivity contribution in [3.05, 3.63) is 28.5 Å². The SMILES string of the molecule is CNc1nc(C(F)(F)F)nn1-c1cc(S(=O)(=O)Cl)c(C)cc1Cl. The molecular formula is C11H9Cl2F3N4O2S. The fourth-order valence-corrected chi connectivity index (χ4v) is 3.32. The van der Waals surface area contributed by atoms with Crippen molar-refractivity contribution >= 4 is 37.3 Å². The van der Waals surface area contributed by atoms with Gasteiger partial charge in [-0.25, -0.2) is 8.42 Å². The highest BCUT2D eigenvalue weighted by Gasteiger charge is 2.37. The second kappa shape index (κ2) is 5.84. The van der Waals surface area contributed by atoms with Gasteiger partial charge in [0.05, 0.1) is 15.6 Å². The molecule has 0 radical (unpaired) electrons. The molecule has 2 aromatic rings. The summed E-state index contributed by atoms with van der Waals surface area (Å²) in [5.74, 6) is -1.66. The first-order chi connectivity index (χ1) is 10.4. The molecule has 1 aromatic carbocycles. The van der Waals surface area contributed by atoms with Crippen molar-refractivity contribution in [3.8, 4) is 5.69 Å². The number of anilines is 1. The summed E-state index contributed by atoms with van der Waals surface area (Å²) in [6.45, 7) is 1.45. The van der Waals surface area contributed by atoms with E-state index in [1.807, 2.05) is 0 Å². The first kappa shape index (κ1) is 17.8. The van der Waals surface area contributed by atoms with Crippen LogP contribution in [-0.4, -0.2) is 30.2 Å². The van der Waals surface area contributed by atoms with Crippen molar-refractivity contribution in [3.63, 3.8) is 0 Å². The number of rotatable bonds is 3. The van der Waals surface area contributed by atoms with Crippen LogP contribution in [0.4, 0.5) is 19.1 Å². The van der Waals surface area contributed by atoms with Crippen LogP contribution in [0, 0.1) is 6.92 Å². The molecule has 0 saturated carbocycles. The fourth-order valence-electron chi connectivity index (χ4n) is 1.83. The quantitative estimate of drug-likeness (QED) is 0.816. The van der Waals surface area contributed by atoms with Crippen LogP contribution in [-0.2, 0) is 15.2 Å². The lowest BCUT2D eigenvalue weighted by Gasteiger charge is -2.10. The Bertz CT molecular complexity index is 865. The van der Waals surface area contributed by atoms with E-state index in [0.717, 1.165) is 10.7 Å². The van der Waals surface area contributed by atoms with Crippen LogP contribution >= 0.6 is 22.3 Å². The Kier molecular flexibility index (Phi) is 4.53. The number of aryl methyl sites for hydroxylation is 1. The molecule has 12 heteroatoms. The highest BCUT2D eigenvalue weighted by Crippen LogP contribution is 2.33. The Morgan fingerprint density at radius 1 is 1.30 bits per heavy atom. The summed E-state index contributed by atoms with van der Waals surface area (Å²) in [6, 6.07) is 2.30. The van der Waals surface area contributed by atoms with Gasteiger partial charge >= 0.3 is 6.18 Å². The van der Waals surface area contributed by atoms with Crippen LogP contribution in [0.2, 0.25) is 5.02 Å². The molecule has 0 bridgehead atoms. The summed E-state index contributed by atoms with van der Waals surface area (Å²) in [6.07, 6.45) is -4.77. The zero-order chi connectivity index (χ0) is 17.6. The molecule has 1 heterocycles. The molecule has 0 atom stereocenters. The topological polar surface area (TPSA) is 76.9 Å². The standard InChI is InChI=1S/C11H9Cl2F3N4O2S/c1-5-3-6(12)7(4-8(5)23(13,21)22)20-10(17-2)18-9(19-20)11(14,15)16/h3-4H,1-2H3,(H,17,18,19). The molecule has 2 rings (SSSR count). The molecule has 0 spiro atoms. The Labute approximate surface area is 138 Å². The van der Waals surface area contributed by atoms with E-state index in [1.54, 1.807) is 0 Å². The molecule has 1 N–H and O–H groups in total. The zero-order valence-electron chi connectivity index (χ0n) is 11.6. The minimum atomic E-state index is -4.77. The van der Waals surface area contributed by atoms with E-state index in [2.05, 4.69) is 15.4 Å². The van der Waals surface area contributed by atoms with Crippen LogP contribution < -0.4 is 5.32 Å². The smallest absolute Gasteiger partial charge is 0.357 e. The first-order valence-electron chi connectivity index (χ1n) is 5.92. The number of nitrogens with zero attached hydrogens (tertiary/aromatic N) is 3. The summed E-state index contributed by atoms with van der Waals surface area (Å²) in [5.41, 5.74) is 0.139. The number of hydrogen-bond donors (Lipinski definition) is 1. The van der Waals surface area contributed by atoms with Gasteiger partial charge in [0.2, 0.25) is 5.95 Å². The fraction of sp³-hybridized carbons (Fsp3) is 0.273. The predicted molar refractivity (Wildman–Crippen MR) is 78.7 cm³/mol.